The molecule has 0 fully saturated rings. The Morgan fingerprint density at radius 1 is 0.880 bits per heavy atom. The lowest BCUT2D eigenvalue weighted by Gasteiger charge is -2.28. The molecule has 0 atom stereocenters. The van der Waals surface area contributed by atoms with Crippen LogP contribution in [-0.2, 0) is 17.4 Å². The van der Waals surface area contributed by atoms with Crippen LogP contribution in [0.5, 0.6) is 5.75 Å². The van der Waals surface area contributed by atoms with E-state index in [9.17, 15) is 5.11 Å². The van der Waals surface area contributed by atoms with Gasteiger partial charge in [-0.3, -0.25) is 0 Å². The average Bonchev–Trinajstić information content (AvgIpc) is 2.42. The summed E-state index contributed by atoms with van der Waals surface area (Å²) in [5.74, 6) is 0.669. The minimum atomic E-state index is -0.181. The Balaban J connectivity index is 2.40. The van der Waals surface area contributed by atoms with Crippen LogP contribution in [0.1, 0.15) is 58.2 Å². The molecule has 1 aromatic carbocycles. The van der Waals surface area contributed by atoms with Crippen molar-refractivity contribution in [1.29, 1.82) is 0 Å². The summed E-state index contributed by atoms with van der Waals surface area (Å²) in [6.45, 7) is 13.0. The number of rotatable bonds is 3. The number of anilines is 1. The Hall–Kier alpha value is -1.59. The summed E-state index contributed by atoms with van der Waals surface area (Å²) >= 11 is 11.6. The summed E-state index contributed by atoms with van der Waals surface area (Å²) in [5, 5.41) is 13.9. The molecule has 0 saturated carbocycles. The van der Waals surface area contributed by atoms with E-state index in [1.54, 1.807) is 0 Å². The van der Waals surface area contributed by atoms with Crippen LogP contribution in [0.2, 0.25) is 10.6 Å². The first-order valence-corrected chi connectivity index (χ1v) is 8.81. The van der Waals surface area contributed by atoms with E-state index < -0.39 is 0 Å². The lowest BCUT2D eigenvalue weighted by molar-refractivity contribution is 0.423. The molecule has 5 nitrogen and oxygen atoms in total. The van der Waals surface area contributed by atoms with Crippen molar-refractivity contribution in [2.45, 2.75) is 58.9 Å². The standard InChI is InChI=1S/C18H24Cl2N4O/c1-17(2,3)11-7-10(8-12(13(11)25)18(4,5)6)9-21-16-23-14(19)22-15(20)24-16/h7-8,25H,9H2,1-6H3,(H,21,22,23,24). The van der Waals surface area contributed by atoms with Gasteiger partial charge in [-0.1, -0.05) is 41.5 Å². The molecule has 1 heterocycles. The largest absolute Gasteiger partial charge is 0.507 e. The Labute approximate surface area is 158 Å². The Kier molecular flexibility index (Phi) is 5.50. The monoisotopic (exact) mass is 382 g/mol. The molecule has 0 saturated heterocycles. The second-order valence-corrected chi connectivity index (χ2v) is 8.77. The van der Waals surface area contributed by atoms with Gasteiger partial charge in [0.15, 0.2) is 0 Å². The molecule has 7 heteroatoms. The highest BCUT2D eigenvalue weighted by atomic mass is 35.5. The van der Waals surface area contributed by atoms with Crippen LogP contribution in [0, 0.1) is 0 Å². The lowest BCUT2D eigenvalue weighted by atomic mass is 9.78. The molecule has 136 valence electrons. The van der Waals surface area contributed by atoms with Crippen molar-refractivity contribution in [2.24, 2.45) is 0 Å². The van der Waals surface area contributed by atoms with Crippen LogP contribution in [0.3, 0.4) is 0 Å². The summed E-state index contributed by atoms with van der Waals surface area (Å²) in [6, 6.07) is 4.00. The SMILES string of the molecule is CC(C)(C)c1cc(CNc2nc(Cl)nc(Cl)n2)cc(C(C)(C)C)c1O. The zero-order valence-corrected chi connectivity index (χ0v) is 16.9. The molecular formula is C18H24Cl2N4O. The van der Waals surface area contributed by atoms with Crippen molar-refractivity contribution in [3.8, 4) is 5.75 Å². The van der Waals surface area contributed by atoms with E-state index in [0.29, 0.717) is 18.2 Å². The minimum Gasteiger partial charge on any atom is -0.507 e. The molecular weight excluding hydrogens is 359 g/mol. The van der Waals surface area contributed by atoms with Gasteiger partial charge < -0.3 is 10.4 Å². The quantitative estimate of drug-likeness (QED) is 0.773. The molecule has 2 N–H and O–H groups in total. The smallest absolute Gasteiger partial charge is 0.228 e. The summed E-state index contributed by atoms with van der Waals surface area (Å²) in [6.07, 6.45) is 0. The molecule has 0 aliphatic rings. The number of benzene rings is 1. The van der Waals surface area contributed by atoms with Crippen molar-refractivity contribution in [3.63, 3.8) is 0 Å². The van der Waals surface area contributed by atoms with Gasteiger partial charge in [0.25, 0.3) is 0 Å². The maximum absolute atomic E-state index is 10.8. The molecule has 0 aliphatic heterocycles. The van der Waals surface area contributed by atoms with Crippen molar-refractivity contribution in [3.05, 3.63) is 39.4 Å². The molecule has 0 bridgehead atoms. The first-order valence-electron chi connectivity index (χ1n) is 8.06. The second-order valence-electron chi connectivity index (χ2n) is 8.09. The molecule has 0 spiro atoms. The normalized spacial score (nSPS) is 12.3. The molecule has 0 radical (unpaired) electrons. The van der Waals surface area contributed by atoms with Crippen LogP contribution in [0.4, 0.5) is 5.95 Å². The first kappa shape index (κ1) is 19.7. The van der Waals surface area contributed by atoms with Gasteiger partial charge in [0.05, 0.1) is 0 Å². The van der Waals surface area contributed by atoms with E-state index >= 15 is 0 Å². The van der Waals surface area contributed by atoms with Gasteiger partial charge in [-0.15, -0.1) is 0 Å². The molecule has 0 amide bonds. The number of phenols is 1. The number of nitrogens with one attached hydrogen (secondary N) is 1. The number of hydrogen-bond acceptors (Lipinski definition) is 5. The highest BCUT2D eigenvalue weighted by molar-refractivity contribution is 6.31. The van der Waals surface area contributed by atoms with Gasteiger partial charge in [-0.2, -0.15) is 15.0 Å². The van der Waals surface area contributed by atoms with Crippen molar-refractivity contribution in [2.75, 3.05) is 5.32 Å². The number of phenolic OH excluding ortho intramolecular Hbond substituents is 1. The number of aromatic nitrogens is 3. The summed E-state index contributed by atoms with van der Waals surface area (Å²) in [5.41, 5.74) is 2.46. The third-order valence-electron chi connectivity index (χ3n) is 3.82. The summed E-state index contributed by atoms with van der Waals surface area (Å²) in [4.78, 5) is 11.7. The summed E-state index contributed by atoms with van der Waals surface area (Å²) < 4.78 is 0. The van der Waals surface area contributed by atoms with E-state index in [1.807, 2.05) is 12.1 Å². The third-order valence-corrected chi connectivity index (χ3v) is 4.16. The fourth-order valence-corrected chi connectivity index (χ4v) is 2.89. The van der Waals surface area contributed by atoms with Crippen LogP contribution in [0.25, 0.3) is 0 Å². The molecule has 2 aromatic rings. The third kappa shape index (κ3) is 4.95. The molecule has 25 heavy (non-hydrogen) atoms. The van der Waals surface area contributed by atoms with E-state index in [1.165, 1.54) is 0 Å². The minimum absolute atomic E-state index is 0.0407. The first-order chi connectivity index (χ1) is 11.4. The predicted octanol–water partition coefficient (Wildman–Crippen LogP) is 5.09. The highest BCUT2D eigenvalue weighted by Gasteiger charge is 2.26. The van der Waals surface area contributed by atoms with E-state index in [-0.39, 0.29) is 21.4 Å². The van der Waals surface area contributed by atoms with Crippen LogP contribution in [-0.4, -0.2) is 20.1 Å². The number of hydrogen-bond donors (Lipinski definition) is 2. The van der Waals surface area contributed by atoms with E-state index in [4.69, 9.17) is 23.2 Å². The number of halogens is 2. The zero-order chi connectivity index (χ0) is 19.0. The molecule has 0 unspecified atom stereocenters. The fraction of sp³-hybridized carbons (Fsp3) is 0.500. The maximum Gasteiger partial charge on any atom is 0.228 e. The maximum atomic E-state index is 10.8. The van der Waals surface area contributed by atoms with Crippen molar-refractivity contribution < 1.29 is 5.11 Å². The summed E-state index contributed by atoms with van der Waals surface area (Å²) in [7, 11) is 0. The molecule has 0 aliphatic carbocycles. The average molecular weight is 383 g/mol. The van der Waals surface area contributed by atoms with Gasteiger partial charge in [-0.25, -0.2) is 0 Å². The van der Waals surface area contributed by atoms with Gasteiger partial charge in [0, 0.05) is 6.54 Å². The van der Waals surface area contributed by atoms with Gasteiger partial charge >= 0.3 is 0 Å². The Morgan fingerprint density at radius 2 is 1.32 bits per heavy atom. The van der Waals surface area contributed by atoms with Crippen LogP contribution >= 0.6 is 23.2 Å². The van der Waals surface area contributed by atoms with Crippen LogP contribution < -0.4 is 5.32 Å². The van der Waals surface area contributed by atoms with Gasteiger partial charge in [0.2, 0.25) is 16.5 Å². The number of nitrogens with zero attached hydrogens (tertiary/aromatic N) is 3. The fourth-order valence-electron chi connectivity index (χ4n) is 2.53. The number of aromatic hydroxyl groups is 1. The molecule has 1 aromatic heterocycles. The molecule has 2 rings (SSSR count). The highest BCUT2D eigenvalue weighted by Crippen LogP contribution is 2.39. The second kappa shape index (κ2) is 6.96. The van der Waals surface area contributed by atoms with Gasteiger partial charge in [0.1, 0.15) is 5.75 Å². The van der Waals surface area contributed by atoms with Crippen LogP contribution in [0.15, 0.2) is 12.1 Å². The Bertz CT molecular complexity index is 724. The zero-order valence-electron chi connectivity index (χ0n) is 15.4. The lowest BCUT2D eigenvalue weighted by Crippen LogP contribution is -2.18. The topological polar surface area (TPSA) is 70.9 Å². The van der Waals surface area contributed by atoms with E-state index in [0.717, 1.165) is 16.7 Å². The predicted molar refractivity (Wildman–Crippen MR) is 103 cm³/mol. The van der Waals surface area contributed by atoms with Crippen molar-refractivity contribution >= 4 is 29.2 Å². The van der Waals surface area contributed by atoms with Gasteiger partial charge in [-0.05, 0) is 62.9 Å². The van der Waals surface area contributed by atoms with E-state index in [2.05, 4.69) is 61.8 Å². The Morgan fingerprint density at radius 3 is 1.72 bits per heavy atom. The van der Waals surface area contributed by atoms with Crippen molar-refractivity contribution in [1.82, 2.24) is 15.0 Å².